The number of amides is 1. The molecule has 1 amide bonds. The lowest BCUT2D eigenvalue weighted by Gasteiger charge is -2.49. The van der Waals surface area contributed by atoms with Gasteiger partial charge in [-0.15, -0.1) is 0 Å². The molecule has 0 unspecified atom stereocenters. The lowest BCUT2D eigenvalue weighted by molar-refractivity contribution is -0.473. The molecule has 17 heavy (non-hydrogen) atoms. The molecule has 100 valence electrons. The Morgan fingerprint density at radius 1 is 1.35 bits per heavy atom. The molecule has 0 aliphatic carbocycles. The van der Waals surface area contributed by atoms with Gasteiger partial charge in [-0.3, -0.25) is 4.79 Å². The molecule has 0 spiro atoms. The molecule has 1 aliphatic heterocycles. The van der Waals surface area contributed by atoms with Crippen LogP contribution < -0.4 is 5.32 Å². The van der Waals surface area contributed by atoms with E-state index >= 15 is 0 Å². The number of carbonyl (C=O) groups excluding carboxylic acids is 1. The summed E-state index contributed by atoms with van der Waals surface area (Å²) >= 11 is 0. The van der Waals surface area contributed by atoms with Crippen LogP contribution in [0.5, 0.6) is 0 Å². The highest BCUT2D eigenvalue weighted by molar-refractivity contribution is 5.73. The summed E-state index contributed by atoms with van der Waals surface area (Å²) < 4.78 is 4.41. The second kappa shape index (κ2) is 4.46. The monoisotopic (exact) mass is 253 g/mol. The molecular weight excluding hydrogens is 238 g/mol. The van der Waals surface area contributed by atoms with Gasteiger partial charge < -0.3 is 40.7 Å². The van der Waals surface area contributed by atoms with Gasteiger partial charge in [0.05, 0.1) is 6.61 Å². The van der Waals surface area contributed by atoms with Crippen LogP contribution in [0, 0.1) is 0 Å². The number of rotatable bonds is 2. The van der Waals surface area contributed by atoms with Gasteiger partial charge in [-0.1, -0.05) is 0 Å². The van der Waals surface area contributed by atoms with Gasteiger partial charge in [0.1, 0.15) is 18.3 Å². The lowest BCUT2D eigenvalue weighted by Crippen LogP contribution is -2.79. The van der Waals surface area contributed by atoms with E-state index in [2.05, 4.69) is 4.74 Å². The molecule has 9 nitrogen and oxygen atoms in total. The van der Waals surface area contributed by atoms with E-state index < -0.39 is 42.5 Å². The van der Waals surface area contributed by atoms with Crippen LogP contribution in [0.25, 0.3) is 0 Å². The molecule has 1 fully saturated rings. The summed E-state index contributed by atoms with van der Waals surface area (Å²) in [4.78, 5) is 10.8. The molecule has 0 saturated carbocycles. The minimum Gasteiger partial charge on any atom is -0.394 e. The Balaban J connectivity index is 3.07. The largest absolute Gasteiger partial charge is 0.394 e. The first-order chi connectivity index (χ1) is 7.65. The second-order valence-corrected chi connectivity index (χ2v) is 3.83. The van der Waals surface area contributed by atoms with E-state index in [1.54, 1.807) is 5.32 Å². The molecule has 9 heteroatoms. The first-order valence-corrected chi connectivity index (χ1v) is 4.76. The van der Waals surface area contributed by atoms with Gasteiger partial charge in [0.15, 0.2) is 0 Å². The zero-order chi connectivity index (χ0) is 13.4. The summed E-state index contributed by atoms with van der Waals surface area (Å²) in [5, 5.41) is 58.1. The standard InChI is InChI=1S/C8H15NO8/c1-3(11)9-7(14)6(13)5(12)4(2-10)17-8(7,15)16/h4-6,10,12-16H,2H2,1H3,(H,9,11)/t4-,5-,6+,7-/m1/s1. The normalized spacial score (nSPS) is 41.0. The molecule has 1 aliphatic rings. The van der Waals surface area contributed by atoms with Crippen molar-refractivity contribution in [1.82, 2.24) is 5.32 Å². The zero-order valence-electron chi connectivity index (χ0n) is 8.94. The topological polar surface area (TPSA) is 160 Å². The predicted octanol–water partition coefficient (Wildman–Crippen LogP) is -4.44. The van der Waals surface area contributed by atoms with Crippen molar-refractivity contribution < 1.29 is 40.2 Å². The van der Waals surface area contributed by atoms with Gasteiger partial charge in [-0.05, 0) is 0 Å². The third-order valence-electron chi connectivity index (χ3n) is 2.49. The van der Waals surface area contributed by atoms with Crippen molar-refractivity contribution in [3.05, 3.63) is 0 Å². The number of hydrogen-bond donors (Lipinski definition) is 7. The van der Waals surface area contributed by atoms with E-state index in [9.17, 15) is 30.3 Å². The van der Waals surface area contributed by atoms with Crippen molar-refractivity contribution in [3.63, 3.8) is 0 Å². The van der Waals surface area contributed by atoms with Crippen LogP contribution in [0.4, 0.5) is 0 Å². The maximum Gasteiger partial charge on any atom is 0.332 e. The molecule has 4 atom stereocenters. The summed E-state index contributed by atoms with van der Waals surface area (Å²) in [5.41, 5.74) is -3.01. The van der Waals surface area contributed by atoms with Crippen LogP contribution in [0.3, 0.4) is 0 Å². The highest BCUT2D eigenvalue weighted by atomic mass is 16.8. The zero-order valence-corrected chi connectivity index (χ0v) is 8.94. The summed E-state index contributed by atoms with van der Waals surface area (Å²) in [7, 11) is 0. The van der Waals surface area contributed by atoms with Crippen molar-refractivity contribution in [3.8, 4) is 0 Å². The Morgan fingerprint density at radius 2 is 1.88 bits per heavy atom. The summed E-state index contributed by atoms with van der Waals surface area (Å²) in [6.45, 7) is 0.128. The van der Waals surface area contributed by atoms with Gasteiger partial charge in [0.2, 0.25) is 5.91 Å². The van der Waals surface area contributed by atoms with Gasteiger partial charge in [0.25, 0.3) is 5.72 Å². The van der Waals surface area contributed by atoms with E-state index in [1.807, 2.05) is 0 Å². The number of aliphatic hydroxyl groups excluding tert-OH is 3. The molecular formula is C8H15NO8. The average Bonchev–Trinajstić information content (AvgIpc) is 2.20. The molecule has 7 N–H and O–H groups in total. The van der Waals surface area contributed by atoms with Crippen molar-refractivity contribution in [2.24, 2.45) is 0 Å². The van der Waals surface area contributed by atoms with Crippen LogP contribution >= 0.6 is 0 Å². The highest BCUT2D eigenvalue weighted by Gasteiger charge is 2.64. The lowest BCUT2D eigenvalue weighted by atomic mass is 9.91. The number of ether oxygens (including phenoxy) is 1. The van der Waals surface area contributed by atoms with Crippen molar-refractivity contribution in [2.45, 2.75) is 36.9 Å². The Morgan fingerprint density at radius 3 is 2.29 bits per heavy atom. The average molecular weight is 253 g/mol. The third-order valence-corrected chi connectivity index (χ3v) is 2.49. The van der Waals surface area contributed by atoms with Crippen LogP contribution in [0.1, 0.15) is 6.92 Å². The molecule has 1 heterocycles. The van der Waals surface area contributed by atoms with Crippen molar-refractivity contribution in [1.29, 1.82) is 0 Å². The number of hydrogen-bond acceptors (Lipinski definition) is 8. The van der Waals surface area contributed by atoms with Crippen LogP contribution in [-0.2, 0) is 9.53 Å². The summed E-state index contributed by atoms with van der Waals surface area (Å²) in [6, 6.07) is 0. The van der Waals surface area contributed by atoms with E-state index in [0.29, 0.717) is 0 Å². The fourth-order valence-electron chi connectivity index (χ4n) is 1.58. The van der Waals surface area contributed by atoms with Crippen LogP contribution in [0.15, 0.2) is 0 Å². The van der Waals surface area contributed by atoms with Gasteiger partial charge in [0, 0.05) is 6.92 Å². The predicted molar refractivity (Wildman–Crippen MR) is 49.9 cm³/mol. The van der Waals surface area contributed by atoms with Gasteiger partial charge >= 0.3 is 5.97 Å². The van der Waals surface area contributed by atoms with E-state index in [0.717, 1.165) is 6.92 Å². The third kappa shape index (κ3) is 2.26. The molecule has 0 bridgehead atoms. The minimum absolute atomic E-state index is 0.822. The Kier molecular flexibility index (Phi) is 3.74. The maximum atomic E-state index is 10.8. The molecule has 0 aromatic rings. The first-order valence-electron chi connectivity index (χ1n) is 4.76. The fraction of sp³-hybridized carbons (Fsp3) is 0.875. The number of nitrogens with one attached hydrogen (secondary N) is 1. The Labute approximate surface area is 95.9 Å². The SMILES string of the molecule is CC(=O)N[C@@]1(O)[C@@H](O)[C@H](O)[C@@H](CO)OC1(O)O. The second-order valence-electron chi connectivity index (χ2n) is 3.83. The Bertz CT molecular complexity index is 308. The molecule has 0 aromatic heterocycles. The smallest absolute Gasteiger partial charge is 0.332 e. The first kappa shape index (κ1) is 14.3. The van der Waals surface area contributed by atoms with E-state index in [4.69, 9.17) is 5.11 Å². The van der Waals surface area contributed by atoms with Gasteiger partial charge in [-0.2, -0.15) is 0 Å². The van der Waals surface area contributed by atoms with Crippen molar-refractivity contribution >= 4 is 5.91 Å². The molecule has 0 radical (unpaired) electrons. The molecule has 1 rings (SSSR count). The number of aliphatic hydroxyl groups is 6. The molecule has 1 saturated heterocycles. The molecule has 0 aromatic carbocycles. The fourth-order valence-corrected chi connectivity index (χ4v) is 1.58. The van der Waals surface area contributed by atoms with Crippen molar-refractivity contribution in [2.75, 3.05) is 6.61 Å². The van der Waals surface area contributed by atoms with Crippen LogP contribution in [-0.4, -0.2) is 73.2 Å². The van der Waals surface area contributed by atoms with E-state index in [-0.39, 0.29) is 0 Å². The number of carbonyl (C=O) groups is 1. The highest BCUT2D eigenvalue weighted by Crippen LogP contribution is 2.33. The van der Waals surface area contributed by atoms with Gasteiger partial charge in [-0.25, -0.2) is 0 Å². The van der Waals surface area contributed by atoms with Crippen LogP contribution in [0.2, 0.25) is 0 Å². The summed E-state index contributed by atoms with van der Waals surface area (Å²) in [5.74, 6) is -4.25. The Hall–Kier alpha value is -0.810. The quantitative estimate of drug-likeness (QED) is 0.243. The maximum absolute atomic E-state index is 10.8. The summed E-state index contributed by atoms with van der Waals surface area (Å²) in [6.07, 6.45) is -5.49. The minimum atomic E-state index is -3.36. The van der Waals surface area contributed by atoms with E-state index in [1.165, 1.54) is 0 Å².